The third kappa shape index (κ3) is 4.84. The number of hydrazine groups is 1. The molecule has 0 aliphatic carbocycles. The van der Waals surface area contributed by atoms with Crippen molar-refractivity contribution in [2.45, 2.75) is 52.9 Å². The van der Waals surface area contributed by atoms with Gasteiger partial charge in [-0.2, -0.15) is 0 Å². The molecule has 0 saturated carbocycles. The molecule has 1 aromatic rings. The molecule has 2 saturated heterocycles. The topological polar surface area (TPSA) is 76.2 Å². The molecule has 3 rings (SSSR count). The molecule has 2 aliphatic rings. The maximum Gasteiger partial charge on any atom is 0.334 e. The van der Waals surface area contributed by atoms with Crippen LogP contribution in [0.3, 0.4) is 0 Å². The molecule has 8 nitrogen and oxygen atoms in total. The Hall–Kier alpha value is -2.61. The number of benzene rings is 1. The van der Waals surface area contributed by atoms with E-state index in [9.17, 15) is 14.4 Å². The summed E-state index contributed by atoms with van der Waals surface area (Å²) in [7, 11) is 1.75. The van der Waals surface area contributed by atoms with Gasteiger partial charge in [0, 0.05) is 20.1 Å². The smallest absolute Gasteiger partial charge is 0.334 e. The predicted octanol–water partition coefficient (Wildman–Crippen LogP) is 2.13. The van der Waals surface area contributed by atoms with Gasteiger partial charge >= 0.3 is 6.03 Å². The van der Waals surface area contributed by atoms with E-state index in [4.69, 9.17) is 0 Å². The van der Waals surface area contributed by atoms with Crippen LogP contribution in [0.2, 0.25) is 0 Å². The molecule has 4 amide bonds. The second-order valence-electron chi connectivity index (χ2n) is 9.05. The number of rotatable bonds is 6. The Labute approximate surface area is 185 Å². The molecule has 1 unspecified atom stereocenters. The molecule has 1 N–H and O–H groups in total. The molecular weight excluding hydrogens is 394 g/mol. The highest BCUT2D eigenvalue weighted by atomic mass is 16.2. The van der Waals surface area contributed by atoms with Crippen LogP contribution in [0, 0.1) is 11.8 Å². The van der Waals surface area contributed by atoms with Gasteiger partial charge in [0.15, 0.2) is 0 Å². The SMILES string of the molecule is CCC(C)[C@H]1C(=O)N(CC(C)C)C[C@H]2N1C(=O)CN(C)N2C(=O)NCc1ccccc1. The molecule has 2 aliphatic heterocycles. The number of carbonyl (C=O) groups is 3. The van der Waals surface area contributed by atoms with E-state index >= 15 is 0 Å². The minimum Gasteiger partial charge on any atom is -0.337 e. The Balaban J connectivity index is 1.88. The number of hydrogen-bond acceptors (Lipinski definition) is 4. The standard InChI is InChI=1S/C23H35N5O3/c1-6-17(4)21-22(30)26(13-16(2)3)14-19-27(21)20(29)15-25(5)28(19)23(31)24-12-18-10-8-7-9-11-18/h7-11,16-17,19,21H,6,12-15H2,1-5H3,(H,24,31)/t17?,19-,21-/m0/s1. The number of fused-ring (bicyclic) bond motifs is 1. The zero-order chi connectivity index (χ0) is 22.7. The Kier molecular flexibility index (Phi) is 7.20. The van der Waals surface area contributed by atoms with Gasteiger partial charge in [0.05, 0.1) is 13.1 Å². The van der Waals surface area contributed by atoms with Gasteiger partial charge in [-0.25, -0.2) is 14.8 Å². The van der Waals surface area contributed by atoms with Crippen molar-refractivity contribution >= 4 is 17.8 Å². The van der Waals surface area contributed by atoms with Crippen LogP contribution in [-0.4, -0.2) is 76.6 Å². The Morgan fingerprint density at radius 3 is 2.45 bits per heavy atom. The summed E-state index contributed by atoms with van der Waals surface area (Å²) in [6.07, 6.45) is 0.260. The summed E-state index contributed by atoms with van der Waals surface area (Å²) in [5.41, 5.74) is 1.00. The average molecular weight is 430 g/mol. The van der Waals surface area contributed by atoms with Crippen LogP contribution in [0.4, 0.5) is 4.79 Å². The summed E-state index contributed by atoms with van der Waals surface area (Å²) < 4.78 is 0. The second kappa shape index (κ2) is 9.68. The summed E-state index contributed by atoms with van der Waals surface area (Å²) in [5.74, 6) is 0.182. The molecule has 0 radical (unpaired) electrons. The van der Waals surface area contributed by atoms with E-state index in [2.05, 4.69) is 19.2 Å². The highest BCUT2D eigenvalue weighted by molar-refractivity contribution is 5.91. The maximum atomic E-state index is 13.3. The van der Waals surface area contributed by atoms with Gasteiger partial charge in [-0.3, -0.25) is 9.59 Å². The zero-order valence-corrected chi connectivity index (χ0v) is 19.2. The quantitative estimate of drug-likeness (QED) is 0.752. The largest absolute Gasteiger partial charge is 0.337 e. The zero-order valence-electron chi connectivity index (χ0n) is 19.2. The van der Waals surface area contributed by atoms with E-state index in [0.29, 0.717) is 25.6 Å². The van der Waals surface area contributed by atoms with Crippen LogP contribution in [0.15, 0.2) is 30.3 Å². The van der Waals surface area contributed by atoms with Gasteiger partial charge in [0.25, 0.3) is 0 Å². The Morgan fingerprint density at radius 2 is 1.84 bits per heavy atom. The van der Waals surface area contributed by atoms with E-state index in [1.807, 2.05) is 49.1 Å². The molecule has 2 heterocycles. The first-order valence-electron chi connectivity index (χ1n) is 11.2. The van der Waals surface area contributed by atoms with Gasteiger partial charge in [-0.1, -0.05) is 64.4 Å². The number of urea groups is 1. The summed E-state index contributed by atoms with van der Waals surface area (Å²) >= 11 is 0. The van der Waals surface area contributed by atoms with E-state index in [1.165, 1.54) is 0 Å². The summed E-state index contributed by atoms with van der Waals surface area (Å²) in [4.78, 5) is 43.1. The van der Waals surface area contributed by atoms with Crippen LogP contribution < -0.4 is 5.32 Å². The van der Waals surface area contributed by atoms with Crippen molar-refractivity contribution in [1.82, 2.24) is 25.1 Å². The first kappa shape index (κ1) is 23.1. The highest BCUT2D eigenvalue weighted by Gasteiger charge is 2.51. The molecule has 0 spiro atoms. The molecule has 8 heteroatoms. The van der Waals surface area contributed by atoms with E-state index < -0.39 is 12.2 Å². The van der Waals surface area contributed by atoms with Crippen LogP contribution in [0.1, 0.15) is 39.7 Å². The van der Waals surface area contributed by atoms with Gasteiger partial charge < -0.3 is 15.1 Å². The monoisotopic (exact) mass is 429 g/mol. The first-order valence-corrected chi connectivity index (χ1v) is 11.2. The lowest BCUT2D eigenvalue weighted by Crippen LogP contribution is -2.76. The molecular formula is C23H35N5O3. The molecule has 0 bridgehead atoms. The molecule has 0 aromatic heterocycles. The Bertz CT molecular complexity index is 800. The van der Waals surface area contributed by atoms with Crippen LogP contribution in [0.5, 0.6) is 0 Å². The lowest BCUT2D eigenvalue weighted by Gasteiger charge is -2.55. The third-order valence-electron chi connectivity index (χ3n) is 6.13. The van der Waals surface area contributed by atoms with Crippen LogP contribution in [0.25, 0.3) is 0 Å². The maximum absolute atomic E-state index is 13.3. The molecule has 2 fully saturated rings. The predicted molar refractivity (Wildman–Crippen MR) is 118 cm³/mol. The van der Waals surface area contributed by atoms with E-state index in [-0.39, 0.29) is 30.3 Å². The van der Waals surface area contributed by atoms with Gasteiger partial charge in [0.2, 0.25) is 11.8 Å². The lowest BCUT2D eigenvalue weighted by molar-refractivity contribution is -0.190. The van der Waals surface area contributed by atoms with Crippen molar-refractivity contribution in [2.75, 3.05) is 26.7 Å². The molecule has 1 aromatic carbocycles. The second-order valence-corrected chi connectivity index (χ2v) is 9.05. The molecule has 170 valence electrons. The van der Waals surface area contributed by atoms with Crippen molar-refractivity contribution in [1.29, 1.82) is 0 Å². The van der Waals surface area contributed by atoms with Crippen molar-refractivity contribution in [3.05, 3.63) is 35.9 Å². The normalized spacial score (nSPS) is 23.2. The molecule has 31 heavy (non-hydrogen) atoms. The Morgan fingerprint density at radius 1 is 1.16 bits per heavy atom. The van der Waals surface area contributed by atoms with Gasteiger partial charge in [-0.05, 0) is 17.4 Å². The number of likely N-dealkylation sites (N-methyl/N-ethyl adjacent to an activating group) is 1. The summed E-state index contributed by atoms with van der Waals surface area (Å²) in [5, 5.41) is 6.25. The minimum absolute atomic E-state index is 0.00606. The van der Waals surface area contributed by atoms with Crippen molar-refractivity contribution in [3.63, 3.8) is 0 Å². The van der Waals surface area contributed by atoms with Gasteiger partial charge in [0.1, 0.15) is 12.2 Å². The number of piperazine rings is 1. The first-order chi connectivity index (χ1) is 14.7. The number of amides is 4. The van der Waals surface area contributed by atoms with Crippen molar-refractivity contribution in [2.24, 2.45) is 11.8 Å². The number of nitrogens with zero attached hydrogens (tertiary/aromatic N) is 4. The van der Waals surface area contributed by atoms with Crippen molar-refractivity contribution in [3.8, 4) is 0 Å². The third-order valence-corrected chi connectivity index (χ3v) is 6.13. The minimum atomic E-state index is -0.548. The highest BCUT2D eigenvalue weighted by Crippen LogP contribution is 2.30. The summed E-state index contributed by atoms with van der Waals surface area (Å²) in [6.45, 7) is 9.56. The average Bonchev–Trinajstić information content (AvgIpc) is 2.73. The lowest BCUT2D eigenvalue weighted by atomic mass is 9.92. The van der Waals surface area contributed by atoms with E-state index in [0.717, 1.165) is 12.0 Å². The number of carbonyl (C=O) groups excluding carboxylic acids is 3. The number of hydrogen-bond donors (Lipinski definition) is 1. The summed E-state index contributed by atoms with van der Waals surface area (Å²) in [6, 6.07) is 8.90. The van der Waals surface area contributed by atoms with E-state index in [1.54, 1.807) is 22.0 Å². The van der Waals surface area contributed by atoms with Gasteiger partial charge in [-0.15, -0.1) is 0 Å². The molecule has 3 atom stereocenters. The van der Waals surface area contributed by atoms with Crippen molar-refractivity contribution < 1.29 is 14.4 Å². The van der Waals surface area contributed by atoms with Crippen LogP contribution in [-0.2, 0) is 16.1 Å². The van der Waals surface area contributed by atoms with Crippen LogP contribution >= 0.6 is 0 Å². The number of nitrogens with one attached hydrogen (secondary N) is 1. The fraction of sp³-hybridized carbons (Fsp3) is 0.609. The fourth-order valence-corrected chi connectivity index (χ4v) is 4.46. The fourth-order valence-electron chi connectivity index (χ4n) is 4.46.